The van der Waals surface area contributed by atoms with Gasteiger partial charge < -0.3 is 4.90 Å². The molecular formula is C17H22N2O. The van der Waals surface area contributed by atoms with Crippen LogP contribution in [0.4, 0.5) is 0 Å². The van der Waals surface area contributed by atoms with Crippen LogP contribution in [0.2, 0.25) is 0 Å². The fourth-order valence-electron chi connectivity index (χ4n) is 2.63. The van der Waals surface area contributed by atoms with E-state index in [1.807, 2.05) is 0 Å². The van der Waals surface area contributed by atoms with Gasteiger partial charge in [-0.15, -0.1) is 0 Å². The highest BCUT2D eigenvalue weighted by Gasteiger charge is 2.43. The molecule has 3 heteroatoms. The van der Waals surface area contributed by atoms with Crippen molar-refractivity contribution in [2.45, 2.75) is 51.0 Å². The third-order valence-electron chi connectivity index (χ3n) is 4.46. The lowest BCUT2D eigenvalue weighted by Gasteiger charge is -2.43. The summed E-state index contributed by atoms with van der Waals surface area (Å²) in [5.74, 6) is 0.0748. The monoisotopic (exact) mass is 270 g/mol. The summed E-state index contributed by atoms with van der Waals surface area (Å²) >= 11 is 0. The van der Waals surface area contributed by atoms with Crippen molar-refractivity contribution in [2.24, 2.45) is 0 Å². The van der Waals surface area contributed by atoms with Crippen molar-refractivity contribution < 1.29 is 4.79 Å². The van der Waals surface area contributed by atoms with Crippen LogP contribution in [0.15, 0.2) is 24.3 Å². The van der Waals surface area contributed by atoms with Crippen molar-refractivity contribution in [1.82, 2.24) is 4.90 Å². The minimum atomic E-state index is -0.525. The molecule has 0 radical (unpaired) electrons. The Morgan fingerprint density at radius 2 is 1.90 bits per heavy atom. The lowest BCUT2D eigenvalue weighted by Crippen LogP contribution is -2.53. The predicted octanol–water partition coefficient (Wildman–Crippen LogP) is 3.09. The van der Waals surface area contributed by atoms with Crippen molar-refractivity contribution in [3.63, 3.8) is 0 Å². The van der Waals surface area contributed by atoms with Crippen LogP contribution in [-0.4, -0.2) is 23.4 Å². The van der Waals surface area contributed by atoms with Gasteiger partial charge in [0.1, 0.15) is 5.54 Å². The normalized spacial score (nSPS) is 16.1. The maximum absolute atomic E-state index is 12.2. The van der Waals surface area contributed by atoms with Gasteiger partial charge in [0.05, 0.1) is 6.07 Å². The average Bonchev–Trinajstić information content (AvgIpc) is 2.44. The third-order valence-corrected chi connectivity index (χ3v) is 4.46. The molecule has 2 rings (SSSR count). The van der Waals surface area contributed by atoms with E-state index in [9.17, 15) is 10.1 Å². The second-order valence-electron chi connectivity index (χ2n) is 5.62. The highest BCUT2D eigenvalue weighted by Crippen LogP contribution is 2.36. The van der Waals surface area contributed by atoms with Crippen LogP contribution in [0.5, 0.6) is 0 Å². The van der Waals surface area contributed by atoms with Crippen molar-refractivity contribution >= 4 is 5.91 Å². The Morgan fingerprint density at radius 3 is 2.35 bits per heavy atom. The molecule has 1 fully saturated rings. The first-order valence-corrected chi connectivity index (χ1v) is 7.37. The minimum Gasteiger partial charge on any atom is -0.327 e. The summed E-state index contributed by atoms with van der Waals surface area (Å²) in [5, 5.41) is 9.25. The van der Waals surface area contributed by atoms with E-state index < -0.39 is 5.54 Å². The highest BCUT2D eigenvalue weighted by atomic mass is 16.2. The van der Waals surface area contributed by atoms with Crippen LogP contribution < -0.4 is 0 Å². The summed E-state index contributed by atoms with van der Waals surface area (Å²) in [6.07, 6.45) is 4.93. The molecule has 3 nitrogen and oxygen atoms in total. The molecule has 106 valence electrons. The van der Waals surface area contributed by atoms with E-state index >= 15 is 0 Å². The first-order valence-electron chi connectivity index (χ1n) is 7.37. The Bertz CT molecular complexity index is 509. The van der Waals surface area contributed by atoms with Gasteiger partial charge in [-0.3, -0.25) is 4.79 Å². The van der Waals surface area contributed by atoms with E-state index in [4.69, 9.17) is 0 Å². The standard InChI is InChI=1S/C17H22N2O/c1-3-14-5-7-15(8-6-14)9-10-16(20)19(2)17(13-18)11-4-12-17/h5-8H,3-4,9-12H2,1-2H3. The fraction of sp³-hybridized carbons (Fsp3) is 0.529. The quantitative estimate of drug-likeness (QED) is 0.825. The number of rotatable bonds is 5. The highest BCUT2D eigenvalue weighted by molar-refractivity contribution is 5.77. The molecule has 0 N–H and O–H groups in total. The molecular weight excluding hydrogens is 248 g/mol. The van der Waals surface area contributed by atoms with E-state index in [0.717, 1.165) is 32.1 Å². The molecule has 1 aromatic rings. The number of nitrogens with zero attached hydrogens (tertiary/aromatic N) is 2. The van der Waals surface area contributed by atoms with Crippen molar-refractivity contribution in [1.29, 1.82) is 5.26 Å². The van der Waals surface area contributed by atoms with E-state index in [1.165, 1.54) is 11.1 Å². The Labute approximate surface area is 121 Å². The van der Waals surface area contributed by atoms with Gasteiger partial charge in [-0.05, 0) is 43.2 Å². The first-order chi connectivity index (χ1) is 9.61. The van der Waals surface area contributed by atoms with Crippen LogP contribution in [-0.2, 0) is 17.6 Å². The number of amides is 1. The molecule has 0 aromatic heterocycles. The molecule has 0 saturated heterocycles. The molecule has 1 aliphatic rings. The smallest absolute Gasteiger partial charge is 0.223 e. The third kappa shape index (κ3) is 2.85. The fourth-order valence-corrected chi connectivity index (χ4v) is 2.63. The van der Waals surface area contributed by atoms with Crippen LogP contribution in [0, 0.1) is 11.3 Å². The van der Waals surface area contributed by atoms with Gasteiger partial charge in [0.2, 0.25) is 5.91 Å². The summed E-state index contributed by atoms with van der Waals surface area (Å²) < 4.78 is 0. The number of carbonyl (C=O) groups is 1. The van der Waals surface area contributed by atoms with Gasteiger partial charge in [-0.1, -0.05) is 31.2 Å². The molecule has 0 heterocycles. The number of hydrogen-bond donors (Lipinski definition) is 0. The van der Waals surface area contributed by atoms with Gasteiger partial charge in [0.15, 0.2) is 0 Å². The van der Waals surface area contributed by atoms with E-state index in [-0.39, 0.29) is 5.91 Å². The molecule has 1 amide bonds. The first kappa shape index (κ1) is 14.6. The Morgan fingerprint density at radius 1 is 1.30 bits per heavy atom. The number of aryl methyl sites for hydroxylation is 2. The zero-order valence-corrected chi connectivity index (χ0v) is 12.4. The second-order valence-corrected chi connectivity index (χ2v) is 5.62. The largest absolute Gasteiger partial charge is 0.327 e. The predicted molar refractivity (Wildman–Crippen MR) is 79.1 cm³/mol. The van der Waals surface area contributed by atoms with Crippen LogP contribution in [0.3, 0.4) is 0 Å². The number of carbonyl (C=O) groups excluding carboxylic acids is 1. The molecule has 1 aliphatic carbocycles. The second kappa shape index (κ2) is 6.09. The molecule has 1 aromatic carbocycles. The number of nitriles is 1. The van der Waals surface area contributed by atoms with Crippen LogP contribution in [0.25, 0.3) is 0 Å². The molecule has 0 aliphatic heterocycles. The van der Waals surface area contributed by atoms with E-state index in [0.29, 0.717) is 6.42 Å². The number of hydrogen-bond acceptors (Lipinski definition) is 2. The lowest BCUT2D eigenvalue weighted by molar-refractivity contribution is -0.136. The Hall–Kier alpha value is -1.82. The molecule has 1 saturated carbocycles. The summed E-state index contributed by atoms with van der Waals surface area (Å²) in [4.78, 5) is 13.9. The van der Waals surface area contributed by atoms with Gasteiger partial charge in [0, 0.05) is 13.5 Å². The number of benzene rings is 1. The van der Waals surface area contributed by atoms with Crippen molar-refractivity contribution in [2.75, 3.05) is 7.05 Å². The molecule has 20 heavy (non-hydrogen) atoms. The van der Waals surface area contributed by atoms with E-state index in [1.54, 1.807) is 11.9 Å². The summed E-state index contributed by atoms with van der Waals surface area (Å²) in [5.41, 5.74) is 1.97. The van der Waals surface area contributed by atoms with Gasteiger partial charge in [-0.2, -0.15) is 5.26 Å². The molecule has 0 spiro atoms. The average molecular weight is 270 g/mol. The summed E-state index contributed by atoms with van der Waals surface area (Å²) in [6.45, 7) is 2.13. The molecule has 0 atom stereocenters. The van der Waals surface area contributed by atoms with Crippen LogP contribution in [0.1, 0.15) is 43.7 Å². The SMILES string of the molecule is CCc1ccc(CCC(=O)N(C)C2(C#N)CCC2)cc1. The summed E-state index contributed by atoms with van der Waals surface area (Å²) in [7, 11) is 1.77. The van der Waals surface area contributed by atoms with Crippen molar-refractivity contribution in [3.05, 3.63) is 35.4 Å². The van der Waals surface area contributed by atoms with Gasteiger partial charge >= 0.3 is 0 Å². The van der Waals surface area contributed by atoms with Gasteiger partial charge in [0.25, 0.3) is 0 Å². The maximum Gasteiger partial charge on any atom is 0.223 e. The lowest BCUT2D eigenvalue weighted by atomic mass is 9.76. The topological polar surface area (TPSA) is 44.1 Å². The van der Waals surface area contributed by atoms with Crippen molar-refractivity contribution in [3.8, 4) is 6.07 Å². The molecule has 0 unspecified atom stereocenters. The Balaban J connectivity index is 1.90. The zero-order valence-electron chi connectivity index (χ0n) is 12.4. The van der Waals surface area contributed by atoms with Gasteiger partial charge in [-0.25, -0.2) is 0 Å². The van der Waals surface area contributed by atoms with Crippen LogP contribution >= 0.6 is 0 Å². The maximum atomic E-state index is 12.2. The summed E-state index contributed by atoms with van der Waals surface area (Å²) in [6, 6.07) is 10.7. The zero-order chi connectivity index (χ0) is 14.6. The molecule has 0 bridgehead atoms. The Kier molecular flexibility index (Phi) is 4.44. The van der Waals surface area contributed by atoms with E-state index in [2.05, 4.69) is 37.3 Å². The minimum absolute atomic E-state index is 0.0748.